The second-order valence-corrected chi connectivity index (χ2v) is 10.7. The number of carbonyl (C=O) groups is 3. The highest BCUT2D eigenvalue weighted by molar-refractivity contribution is 5.90. The molecule has 3 heterocycles. The van der Waals surface area contributed by atoms with Crippen LogP contribution in [0.2, 0.25) is 0 Å². The average molecular weight is 661 g/mol. The number of carbonyl (C=O) groups excluding carboxylic acids is 3. The molecular weight excluding hydrogens is 626 g/mol. The molecule has 0 aliphatic heterocycles. The van der Waals surface area contributed by atoms with Gasteiger partial charge in [0.2, 0.25) is 11.8 Å². The Hall–Kier alpha value is -6.05. The third-order valence-corrected chi connectivity index (χ3v) is 6.83. The highest BCUT2D eigenvalue weighted by Gasteiger charge is 2.12. The van der Waals surface area contributed by atoms with Crippen molar-refractivity contribution in [2.75, 3.05) is 19.4 Å². The number of allylic oxidation sites excluding steroid dienone is 1. The number of H-pyrrole nitrogens is 1. The number of nitrogens with two attached hydrogens (primary N) is 1. The number of aromatic nitrogens is 3. The number of rotatable bonds is 12. The second kappa shape index (κ2) is 16.5. The molecule has 2 aromatic carbocycles. The predicted molar refractivity (Wildman–Crippen MR) is 174 cm³/mol. The fourth-order valence-electron chi connectivity index (χ4n) is 4.40. The summed E-state index contributed by atoms with van der Waals surface area (Å²) in [5.74, 6) is -1.94. The van der Waals surface area contributed by atoms with Crippen LogP contribution < -0.4 is 21.3 Å². The van der Waals surface area contributed by atoms with Crippen molar-refractivity contribution < 1.29 is 32.3 Å². The molecule has 0 bridgehead atoms. The van der Waals surface area contributed by atoms with E-state index in [1.807, 2.05) is 12.1 Å². The molecule has 5 aromatic rings. The van der Waals surface area contributed by atoms with Gasteiger partial charge in [-0.25, -0.2) is 13.8 Å². The van der Waals surface area contributed by atoms with Crippen molar-refractivity contribution in [2.45, 2.75) is 32.4 Å². The number of fused-ring (bicyclic) bond motifs is 1. The number of amides is 3. The van der Waals surface area contributed by atoms with Crippen LogP contribution in [0.4, 0.5) is 14.5 Å². The number of anilines is 1. The minimum atomic E-state index is -0.681. The van der Waals surface area contributed by atoms with Gasteiger partial charge in [0, 0.05) is 49.4 Å². The topological polar surface area (TPSA) is 166 Å². The van der Waals surface area contributed by atoms with Crippen LogP contribution in [-0.4, -0.2) is 51.3 Å². The zero-order valence-electron chi connectivity index (χ0n) is 26.2. The number of para-hydroxylation sites is 1. The fourth-order valence-corrected chi connectivity index (χ4v) is 4.40. The first-order valence-electron chi connectivity index (χ1n) is 14.8. The summed E-state index contributed by atoms with van der Waals surface area (Å²) in [5.41, 5.74) is 6.22. The van der Waals surface area contributed by atoms with Crippen LogP contribution >= 0.6 is 0 Å². The number of unbranched alkanes of at least 4 members (excludes halogenated alkanes) is 1. The van der Waals surface area contributed by atoms with Crippen molar-refractivity contribution in [3.05, 3.63) is 125 Å². The van der Waals surface area contributed by atoms with E-state index in [9.17, 15) is 28.0 Å². The quantitative estimate of drug-likeness (QED) is 0.128. The molecular formula is C34H34F2N6O6. The Morgan fingerprint density at radius 1 is 1.12 bits per heavy atom. The lowest BCUT2D eigenvalue weighted by molar-refractivity contribution is -0.123. The largest absolute Gasteiger partial charge is 0.487 e. The van der Waals surface area contributed by atoms with Crippen molar-refractivity contribution in [2.24, 2.45) is 5.73 Å². The second-order valence-electron chi connectivity index (χ2n) is 10.7. The zero-order chi connectivity index (χ0) is 34.6. The first-order chi connectivity index (χ1) is 23.0. The van der Waals surface area contributed by atoms with Gasteiger partial charge in [-0.05, 0) is 55.3 Å². The van der Waals surface area contributed by atoms with Crippen LogP contribution in [0.15, 0.2) is 94.6 Å². The Morgan fingerprint density at radius 3 is 2.62 bits per heavy atom. The summed E-state index contributed by atoms with van der Waals surface area (Å²) in [6, 6.07) is 13.9. The van der Waals surface area contributed by atoms with Crippen molar-refractivity contribution in [1.82, 2.24) is 19.4 Å². The number of oxazole rings is 1. The number of nitrogens with zero attached hydrogens (tertiary/aromatic N) is 3. The Morgan fingerprint density at radius 2 is 1.94 bits per heavy atom. The van der Waals surface area contributed by atoms with Gasteiger partial charge in [-0.2, -0.15) is 0 Å². The number of ether oxygens (including phenoxy) is 1. The summed E-state index contributed by atoms with van der Waals surface area (Å²) in [6.45, 7) is 0.138. The van der Waals surface area contributed by atoms with Crippen LogP contribution in [0.25, 0.3) is 10.9 Å². The van der Waals surface area contributed by atoms with Gasteiger partial charge in [-0.15, -0.1) is 0 Å². The fraction of sp³-hybridized carbons (Fsp3) is 0.206. The third kappa shape index (κ3) is 9.72. The smallest absolute Gasteiger partial charge is 0.304 e. The Kier molecular flexibility index (Phi) is 12.0. The summed E-state index contributed by atoms with van der Waals surface area (Å²) in [7, 11) is 3.33. The lowest BCUT2D eigenvalue weighted by atomic mass is 10.2. The maximum Gasteiger partial charge on any atom is 0.304 e. The number of hydrogen-bond acceptors (Lipinski definition) is 7. The van der Waals surface area contributed by atoms with Crippen LogP contribution in [0.3, 0.4) is 0 Å². The van der Waals surface area contributed by atoms with Crippen LogP contribution in [0.1, 0.15) is 41.2 Å². The van der Waals surface area contributed by atoms with E-state index < -0.39 is 17.5 Å². The molecule has 14 heteroatoms. The van der Waals surface area contributed by atoms with E-state index in [1.54, 1.807) is 50.6 Å². The summed E-state index contributed by atoms with van der Waals surface area (Å²) in [4.78, 5) is 55.3. The number of benzene rings is 2. The average Bonchev–Trinajstić information content (AvgIpc) is 3.74. The first-order valence-corrected chi connectivity index (χ1v) is 14.8. The van der Waals surface area contributed by atoms with E-state index in [2.05, 4.69) is 19.7 Å². The molecule has 48 heavy (non-hydrogen) atoms. The highest BCUT2D eigenvalue weighted by atomic mass is 19.1. The Labute approximate surface area is 273 Å². The molecule has 12 nitrogen and oxygen atoms in total. The molecule has 5 rings (SSSR count). The summed E-state index contributed by atoms with van der Waals surface area (Å²) < 4.78 is 39.0. The van der Waals surface area contributed by atoms with Crippen LogP contribution in [0, 0.1) is 11.6 Å². The van der Waals surface area contributed by atoms with E-state index in [1.165, 1.54) is 40.1 Å². The lowest BCUT2D eigenvalue weighted by Crippen LogP contribution is -2.25. The van der Waals surface area contributed by atoms with Gasteiger partial charge in [0.1, 0.15) is 35.9 Å². The van der Waals surface area contributed by atoms with Gasteiger partial charge in [0.05, 0.1) is 18.3 Å². The molecule has 0 saturated heterocycles. The summed E-state index contributed by atoms with van der Waals surface area (Å²) in [5, 5.41) is 3.51. The van der Waals surface area contributed by atoms with E-state index >= 15 is 0 Å². The monoisotopic (exact) mass is 660 g/mol. The molecule has 0 fully saturated rings. The number of primary amides is 1. The van der Waals surface area contributed by atoms with Gasteiger partial charge in [-0.1, -0.05) is 18.2 Å². The first kappa shape index (κ1) is 34.8. The maximum absolute atomic E-state index is 14.0. The van der Waals surface area contributed by atoms with Gasteiger partial charge in [0.25, 0.3) is 11.4 Å². The van der Waals surface area contributed by atoms with Crippen LogP contribution in [-0.2, 0) is 22.7 Å². The van der Waals surface area contributed by atoms with Gasteiger partial charge in [-0.3, -0.25) is 19.2 Å². The number of nitrogens with one attached hydrogen (secondary N) is 2. The standard InChI is InChI=1S/C30H30F2N4O4.C4H4N2O2/c1-35(2)28(38)12-5-3-4-11-27(37)34-25-9-7-15-36(30(25)39)18-23-16-20-8-6-10-26(29(20)33-23)40-19-21-13-14-22(31)17-24(21)32;5-3(7)4-6-1-2-8-4/h5-10,12-17,33H,3-4,11,18-19H2,1-2H3,(H,34,37);1-2H,(H2,5,7)/b12-5+;. The van der Waals surface area contributed by atoms with E-state index in [0.717, 1.165) is 17.1 Å². The molecule has 250 valence electrons. The summed E-state index contributed by atoms with van der Waals surface area (Å²) in [6.07, 6.45) is 8.79. The van der Waals surface area contributed by atoms with Gasteiger partial charge in [0.15, 0.2) is 0 Å². The predicted octanol–water partition coefficient (Wildman–Crippen LogP) is 4.76. The molecule has 4 N–H and O–H groups in total. The number of pyridine rings is 1. The Balaban J connectivity index is 0.000000569. The molecule has 0 radical (unpaired) electrons. The number of likely N-dealkylation sites (N-methyl/N-ethyl adjacent to an activating group) is 1. The van der Waals surface area contributed by atoms with Gasteiger partial charge >= 0.3 is 5.91 Å². The zero-order valence-corrected chi connectivity index (χ0v) is 26.2. The van der Waals surface area contributed by atoms with E-state index in [0.29, 0.717) is 24.1 Å². The van der Waals surface area contributed by atoms with E-state index in [-0.39, 0.29) is 54.1 Å². The molecule has 0 saturated carbocycles. The lowest BCUT2D eigenvalue weighted by Gasteiger charge is -2.09. The van der Waals surface area contributed by atoms with Crippen LogP contribution in [0.5, 0.6) is 5.75 Å². The van der Waals surface area contributed by atoms with Gasteiger partial charge < -0.3 is 34.7 Å². The number of hydrogen-bond donors (Lipinski definition) is 3. The van der Waals surface area contributed by atoms with Crippen molar-refractivity contribution >= 4 is 34.3 Å². The molecule has 0 aliphatic carbocycles. The minimum absolute atomic E-state index is 0.0509. The molecule has 0 atom stereocenters. The number of aromatic amines is 1. The molecule has 0 spiro atoms. The van der Waals surface area contributed by atoms with Crippen molar-refractivity contribution in [1.29, 1.82) is 0 Å². The molecule has 0 aliphatic rings. The van der Waals surface area contributed by atoms with Crippen molar-refractivity contribution in [3.63, 3.8) is 0 Å². The third-order valence-electron chi connectivity index (χ3n) is 6.83. The SMILES string of the molecule is CN(C)C(=O)/C=C/CCCC(=O)Nc1cccn(Cc2cc3cccc(OCc4ccc(F)cc4F)c3[nH]2)c1=O.NC(=O)c1ncco1. The van der Waals surface area contributed by atoms with E-state index in [4.69, 9.17) is 10.5 Å². The molecule has 3 amide bonds. The maximum atomic E-state index is 14.0. The minimum Gasteiger partial charge on any atom is -0.487 e. The normalized spacial score (nSPS) is 10.8. The van der Waals surface area contributed by atoms with Crippen molar-refractivity contribution in [3.8, 4) is 5.75 Å². The number of halogens is 2. The molecule has 0 unspecified atom stereocenters. The molecule has 3 aromatic heterocycles. The summed E-state index contributed by atoms with van der Waals surface area (Å²) >= 11 is 0. The highest BCUT2D eigenvalue weighted by Crippen LogP contribution is 2.27. The Bertz CT molecular complexity index is 1970.